The van der Waals surface area contributed by atoms with Crippen LogP contribution in [0.5, 0.6) is 11.5 Å². The normalized spacial score (nSPS) is 25.2. The van der Waals surface area contributed by atoms with E-state index in [-0.39, 0.29) is 18.7 Å². The van der Waals surface area contributed by atoms with E-state index in [9.17, 15) is 14.4 Å². The summed E-state index contributed by atoms with van der Waals surface area (Å²) in [5.41, 5.74) is -0.277. The van der Waals surface area contributed by atoms with Crippen molar-refractivity contribution in [3.8, 4) is 11.5 Å². The van der Waals surface area contributed by atoms with Crippen molar-refractivity contribution in [2.75, 3.05) is 6.79 Å². The molecule has 0 aromatic heterocycles. The third kappa shape index (κ3) is 2.85. The van der Waals surface area contributed by atoms with Crippen molar-refractivity contribution in [2.24, 2.45) is 0 Å². The minimum absolute atomic E-state index is 0.172. The Hall–Kier alpha value is -2.77. The van der Waals surface area contributed by atoms with E-state index in [1.165, 1.54) is 0 Å². The molecule has 1 aromatic rings. The molecule has 0 unspecified atom stereocenters. The van der Waals surface area contributed by atoms with Gasteiger partial charge in [-0.2, -0.15) is 0 Å². The number of nitrogens with one attached hydrogen (secondary N) is 2. The maximum absolute atomic E-state index is 12.9. The molecule has 0 spiro atoms. The molecule has 1 saturated carbocycles. The van der Waals surface area contributed by atoms with Gasteiger partial charge in [0.2, 0.25) is 12.7 Å². The lowest BCUT2D eigenvalue weighted by atomic mass is 9.92. The van der Waals surface area contributed by atoms with E-state index >= 15 is 0 Å². The van der Waals surface area contributed by atoms with Gasteiger partial charge in [0.1, 0.15) is 11.6 Å². The molecule has 2 heterocycles. The van der Waals surface area contributed by atoms with Crippen LogP contribution in [0.25, 0.3) is 0 Å². The first-order valence-corrected chi connectivity index (χ1v) is 8.72. The molecule has 2 fully saturated rings. The molecule has 1 aliphatic carbocycles. The van der Waals surface area contributed by atoms with Gasteiger partial charge in [-0.15, -0.1) is 0 Å². The van der Waals surface area contributed by atoms with E-state index in [0.717, 1.165) is 23.3 Å². The average molecular weight is 359 g/mol. The molecule has 1 saturated heterocycles. The van der Waals surface area contributed by atoms with Crippen LogP contribution < -0.4 is 20.1 Å². The number of hydrogen-bond acceptors (Lipinski definition) is 5. The third-order valence-corrected chi connectivity index (χ3v) is 4.98. The van der Waals surface area contributed by atoms with Crippen LogP contribution in [0.2, 0.25) is 0 Å². The summed E-state index contributed by atoms with van der Waals surface area (Å²) in [6.07, 6.45) is 2.18. The second-order valence-electron chi connectivity index (χ2n) is 7.26. The Kier molecular flexibility index (Phi) is 3.78. The fourth-order valence-electron chi connectivity index (χ4n) is 3.31. The summed E-state index contributed by atoms with van der Waals surface area (Å²) in [6.45, 7) is 3.41. The van der Waals surface area contributed by atoms with Crippen LogP contribution >= 0.6 is 0 Å². The zero-order chi connectivity index (χ0) is 18.5. The number of imide groups is 1. The van der Waals surface area contributed by atoms with Gasteiger partial charge < -0.3 is 20.1 Å². The molecule has 4 rings (SSSR count). The van der Waals surface area contributed by atoms with Gasteiger partial charge in [0, 0.05) is 12.5 Å². The van der Waals surface area contributed by atoms with Gasteiger partial charge >= 0.3 is 6.03 Å². The van der Waals surface area contributed by atoms with E-state index in [4.69, 9.17) is 9.47 Å². The third-order valence-electron chi connectivity index (χ3n) is 4.98. The fourth-order valence-corrected chi connectivity index (χ4v) is 3.31. The minimum atomic E-state index is -1.11. The molecule has 3 aliphatic rings. The summed E-state index contributed by atoms with van der Waals surface area (Å²) in [7, 11) is 0. The van der Waals surface area contributed by atoms with Crippen LogP contribution in [0, 0.1) is 0 Å². The average Bonchev–Trinajstić information content (AvgIpc) is 3.22. The second kappa shape index (κ2) is 5.89. The Morgan fingerprint density at radius 1 is 1.35 bits per heavy atom. The topological polar surface area (TPSA) is 97.0 Å². The summed E-state index contributed by atoms with van der Waals surface area (Å²) in [6, 6.07) is 4.21. The number of benzene rings is 1. The monoisotopic (exact) mass is 359 g/mol. The van der Waals surface area contributed by atoms with Crippen molar-refractivity contribution in [1.82, 2.24) is 15.5 Å². The van der Waals surface area contributed by atoms with Crippen molar-refractivity contribution in [3.63, 3.8) is 0 Å². The predicted octanol–water partition coefficient (Wildman–Crippen LogP) is 0.935. The van der Waals surface area contributed by atoms with Gasteiger partial charge in [0.25, 0.3) is 5.91 Å². The lowest BCUT2D eigenvalue weighted by Gasteiger charge is -2.24. The number of carbonyl (C=O) groups excluding carboxylic acids is 3. The number of rotatable bonds is 5. The van der Waals surface area contributed by atoms with Crippen LogP contribution in [-0.2, 0) is 16.0 Å². The summed E-state index contributed by atoms with van der Waals surface area (Å²) >= 11 is 0. The molecule has 2 atom stereocenters. The summed E-state index contributed by atoms with van der Waals surface area (Å²) in [5, 5.41) is 5.57. The summed E-state index contributed by atoms with van der Waals surface area (Å²) in [4.78, 5) is 38.6. The highest BCUT2D eigenvalue weighted by Gasteiger charge is 2.51. The van der Waals surface area contributed by atoms with Crippen LogP contribution in [0.15, 0.2) is 18.2 Å². The number of hydrogen-bond donors (Lipinski definition) is 2. The first-order valence-electron chi connectivity index (χ1n) is 8.72. The molecule has 2 N–H and O–H groups in total. The van der Waals surface area contributed by atoms with Crippen LogP contribution in [0.3, 0.4) is 0 Å². The molecule has 4 amide bonds. The largest absolute Gasteiger partial charge is 0.454 e. The van der Waals surface area contributed by atoms with Crippen molar-refractivity contribution in [1.29, 1.82) is 0 Å². The van der Waals surface area contributed by atoms with E-state index in [2.05, 4.69) is 10.6 Å². The minimum Gasteiger partial charge on any atom is -0.454 e. The van der Waals surface area contributed by atoms with Crippen molar-refractivity contribution in [2.45, 2.75) is 50.7 Å². The smallest absolute Gasteiger partial charge is 0.325 e. The standard InChI is InChI=1S/C18H21N3O5/c1-10(15(22)19-12-4-5-12)21-16(23)18(2,20-17(21)24)8-11-3-6-13-14(7-11)26-9-25-13/h3,6-7,10,12H,4-5,8-9H2,1-2H3,(H,19,22)(H,20,24)/t10-,18-/m0/s1. The number of nitrogens with zero attached hydrogens (tertiary/aromatic N) is 1. The van der Waals surface area contributed by atoms with Crippen molar-refractivity contribution < 1.29 is 23.9 Å². The van der Waals surface area contributed by atoms with Gasteiger partial charge in [-0.25, -0.2) is 9.69 Å². The highest BCUT2D eigenvalue weighted by atomic mass is 16.7. The molecular weight excluding hydrogens is 338 g/mol. The number of amides is 4. The maximum atomic E-state index is 12.9. The highest BCUT2D eigenvalue weighted by molar-refractivity contribution is 6.09. The Bertz CT molecular complexity index is 791. The molecule has 138 valence electrons. The molecule has 1 aromatic carbocycles. The first kappa shape index (κ1) is 16.7. The molecular formula is C18H21N3O5. The van der Waals surface area contributed by atoms with Gasteiger partial charge in [-0.05, 0) is 44.4 Å². The van der Waals surface area contributed by atoms with E-state index in [0.29, 0.717) is 17.9 Å². The zero-order valence-electron chi connectivity index (χ0n) is 14.7. The SMILES string of the molecule is C[C@@H](C(=O)NC1CC1)N1C(=O)N[C@@](C)(Cc2ccc3c(c2)OCO3)C1=O. The van der Waals surface area contributed by atoms with Crippen LogP contribution in [-0.4, -0.2) is 47.2 Å². The Morgan fingerprint density at radius 3 is 2.81 bits per heavy atom. The maximum Gasteiger partial charge on any atom is 0.325 e. The van der Waals surface area contributed by atoms with Crippen LogP contribution in [0.4, 0.5) is 4.79 Å². The molecule has 2 aliphatic heterocycles. The lowest BCUT2D eigenvalue weighted by Crippen LogP contribution is -2.50. The zero-order valence-corrected chi connectivity index (χ0v) is 14.7. The van der Waals surface area contributed by atoms with Gasteiger partial charge in [-0.1, -0.05) is 6.07 Å². The molecule has 8 nitrogen and oxygen atoms in total. The fraction of sp³-hybridized carbons (Fsp3) is 0.500. The Morgan fingerprint density at radius 2 is 2.08 bits per heavy atom. The van der Waals surface area contributed by atoms with Crippen LogP contribution in [0.1, 0.15) is 32.3 Å². The quantitative estimate of drug-likeness (QED) is 0.763. The Labute approximate surface area is 150 Å². The van der Waals surface area contributed by atoms with E-state index in [1.807, 2.05) is 6.07 Å². The predicted molar refractivity (Wildman–Crippen MR) is 90.7 cm³/mol. The second-order valence-corrected chi connectivity index (χ2v) is 7.26. The number of carbonyl (C=O) groups is 3. The van der Waals surface area contributed by atoms with Crippen molar-refractivity contribution in [3.05, 3.63) is 23.8 Å². The van der Waals surface area contributed by atoms with Crippen molar-refractivity contribution >= 4 is 17.8 Å². The van der Waals surface area contributed by atoms with Gasteiger partial charge in [-0.3, -0.25) is 9.59 Å². The number of ether oxygens (including phenoxy) is 2. The lowest BCUT2D eigenvalue weighted by molar-refractivity contribution is -0.137. The summed E-state index contributed by atoms with van der Waals surface area (Å²) in [5.74, 6) is 0.575. The van der Waals surface area contributed by atoms with Gasteiger partial charge in [0.15, 0.2) is 11.5 Å². The summed E-state index contributed by atoms with van der Waals surface area (Å²) < 4.78 is 10.6. The highest BCUT2D eigenvalue weighted by Crippen LogP contribution is 2.34. The molecule has 0 bridgehead atoms. The van der Waals surface area contributed by atoms with E-state index < -0.39 is 23.5 Å². The molecule has 26 heavy (non-hydrogen) atoms. The number of fused-ring (bicyclic) bond motifs is 1. The Balaban J connectivity index is 1.50. The first-order chi connectivity index (χ1) is 12.4. The molecule has 8 heteroatoms. The number of urea groups is 1. The van der Waals surface area contributed by atoms with Gasteiger partial charge in [0.05, 0.1) is 0 Å². The molecule has 0 radical (unpaired) electrons. The van der Waals surface area contributed by atoms with E-state index in [1.54, 1.807) is 26.0 Å².